The van der Waals surface area contributed by atoms with Gasteiger partial charge in [0, 0.05) is 44.8 Å². The largest absolute Gasteiger partial charge is 0.311 e. The number of hydrogen-bond donors (Lipinski definition) is 1. The Hall–Kier alpha value is -1.04. The molecule has 1 saturated heterocycles. The first-order valence-electron chi connectivity index (χ1n) is 7.09. The molecule has 1 fully saturated rings. The Morgan fingerprint density at radius 1 is 1.37 bits per heavy atom. The lowest BCUT2D eigenvalue weighted by molar-refractivity contribution is 0.113. The van der Waals surface area contributed by atoms with Crippen molar-refractivity contribution in [1.82, 2.24) is 25.1 Å². The zero-order valence-electron chi connectivity index (χ0n) is 12.3. The zero-order chi connectivity index (χ0) is 13.7. The second kappa shape index (κ2) is 6.93. The first kappa shape index (κ1) is 14.4. The lowest BCUT2D eigenvalue weighted by Gasteiger charge is -2.37. The van der Waals surface area contributed by atoms with Crippen molar-refractivity contribution in [1.29, 1.82) is 0 Å². The average molecular weight is 263 g/mol. The van der Waals surface area contributed by atoms with Crippen LogP contribution in [-0.2, 0) is 13.0 Å². The summed E-state index contributed by atoms with van der Waals surface area (Å²) in [4.78, 5) is 13.9. The van der Waals surface area contributed by atoms with Crippen LogP contribution in [0.15, 0.2) is 12.3 Å². The third-order valence-electron chi connectivity index (χ3n) is 3.72. The van der Waals surface area contributed by atoms with Crippen molar-refractivity contribution in [2.24, 2.45) is 0 Å². The van der Waals surface area contributed by atoms with Crippen molar-refractivity contribution < 1.29 is 0 Å². The summed E-state index contributed by atoms with van der Waals surface area (Å²) in [5.74, 6) is 0.961. The van der Waals surface area contributed by atoms with Crippen molar-refractivity contribution >= 4 is 0 Å². The molecular formula is C14H25N5. The Morgan fingerprint density at radius 2 is 2.21 bits per heavy atom. The molecule has 0 aliphatic carbocycles. The van der Waals surface area contributed by atoms with Gasteiger partial charge in [0.2, 0.25) is 0 Å². The van der Waals surface area contributed by atoms with E-state index < -0.39 is 0 Å². The van der Waals surface area contributed by atoms with E-state index in [0.29, 0.717) is 6.04 Å². The molecule has 0 bridgehead atoms. The van der Waals surface area contributed by atoms with Crippen LogP contribution in [0, 0.1) is 0 Å². The van der Waals surface area contributed by atoms with Crippen LogP contribution in [0.5, 0.6) is 0 Å². The molecule has 1 aromatic heterocycles. The van der Waals surface area contributed by atoms with Gasteiger partial charge in [-0.05, 0) is 26.7 Å². The van der Waals surface area contributed by atoms with Gasteiger partial charge in [0.15, 0.2) is 0 Å². The summed E-state index contributed by atoms with van der Waals surface area (Å²) in [5.41, 5.74) is 1.08. The highest BCUT2D eigenvalue weighted by Crippen LogP contribution is 2.10. The van der Waals surface area contributed by atoms with E-state index >= 15 is 0 Å². The molecule has 1 N–H and O–H groups in total. The quantitative estimate of drug-likeness (QED) is 0.832. The fourth-order valence-corrected chi connectivity index (χ4v) is 2.42. The van der Waals surface area contributed by atoms with Gasteiger partial charge < -0.3 is 15.1 Å². The molecule has 1 unspecified atom stereocenters. The predicted octanol–water partition coefficient (Wildman–Crippen LogP) is 0.374. The van der Waals surface area contributed by atoms with Crippen molar-refractivity contribution in [3.63, 3.8) is 0 Å². The summed E-state index contributed by atoms with van der Waals surface area (Å²) >= 11 is 0. The normalized spacial score (nSPS) is 21.7. The number of nitrogens with one attached hydrogen (secondary N) is 1. The fourth-order valence-electron chi connectivity index (χ4n) is 2.42. The van der Waals surface area contributed by atoms with Gasteiger partial charge >= 0.3 is 0 Å². The highest BCUT2D eigenvalue weighted by molar-refractivity contribution is 5.04. The van der Waals surface area contributed by atoms with E-state index in [1.165, 1.54) is 0 Å². The molecule has 0 amide bonds. The number of piperazine rings is 1. The van der Waals surface area contributed by atoms with Crippen LogP contribution in [-0.4, -0.2) is 66.1 Å². The summed E-state index contributed by atoms with van der Waals surface area (Å²) in [5, 5.41) is 3.30. The minimum absolute atomic E-state index is 0.521. The van der Waals surface area contributed by atoms with E-state index in [-0.39, 0.29) is 0 Å². The van der Waals surface area contributed by atoms with Crippen LogP contribution in [0.3, 0.4) is 0 Å². The lowest BCUT2D eigenvalue weighted by Crippen LogP contribution is -2.51. The van der Waals surface area contributed by atoms with Crippen molar-refractivity contribution in [3.8, 4) is 0 Å². The van der Waals surface area contributed by atoms with Gasteiger partial charge in [0.1, 0.15) is 5.82 Å². The number of likely N-dealkylation sites (N-methyl/N-ethyl adjacent to an activating group) is 2. The molecule has 1 aliphatic rings. The summed E-state index contributed by atoms with van der Waals surface area (Å²) in [7, 11) is 4.38. The van der Waals surface area contributed by atoms with Crippen LogP contribution in [0.1, 0.15) is 18.4 Å². The topological polar surface area (TPSA) is 44.3 Å². The van der Waals surface area contributed by atoms with E-state index in [0.717, 1.165) is 50.7 Å². The Balaban J connectivity index is 1.97. The monoisotopic (exact) mass is 263 g/mol. The standard InChI is InChI=1S/C14H25N5/c1-4-15-10-12-5-6-16-14(17-12)9-13-11-18(2)7-8-19(13)3/h5-6,13,15H,4,7-11H2,1-3H3. The molecular weight excluding hydrogens is 238 g/mol. The van der Waals surface area contributed by atoms with Gasteiger partial charge in [0.25, 0.3) is 0 Å². The number of hydrogen-bond acceptors (Lipinski definition) is 5. The molecule has 1 aromatic rings. The molecule has 19 heavy (non-hydrogen) atoms. The molecule has 1 atom stereocenters. The summed E-state index contributed by atoms with van der Waals surface area (Å²) in [6, 6.07) is 2.51. The van der Waals surface area contributed by atoms with E-state index in [1.54, 1.807) is 0 Å². The average Bonchev–Trinajstić information content (AvgIpc) is 2.41. The Morgan fingerprint density at radius 3 is 3.00 bits per heavy atom. The van der Waals surface area contributed by atoms with Gasteiger partial charge in [-0.25, -0.2) is 9.97 Å². The van der Waals surface area contributed by atoms with Gasteiger partial charge in [-0.1, -0.05) is 6.92 Å². The Labute approximate surface area is 116 Å². The van der Waals surface area contributed by atoms with E-state index in [9.17, 15) is 0 Å². The van der Waals surface area contributed by atoms with Gasteiger partial charge in [-0.2, -0.15) is 0 Å². The van der Waals surface area contributed by atoms with Crippen molar-refractivity contribution in [3.05, 3.63) is 23.8 Å². The molecule has 1 aliphatic heterocycles. The predicted molar refractivity (Wildman–Crippen MR) is 77.0 cm³/mol. The summed E-state index contributed by atoms with van der Waals surface area (Å²) < 4.78 is 0. The Kier molecular flexibility index (Phi) is 5.24. The molecule has 2 heterocycles. The third-order valence-corrected chi connectivity index (χ3v) is 3.72. The van der Waals surface area contributed by atoms with Crippen LogP contribution >= 0.6 is 0 Å². The number of aromatic nitrogens is 2. The molecule has 0 radical (unpaired) electrons. The second-order valence-electron chi connectivity index (χ2n) is 5.35. The fraction of sp³-hybridized carbons (Fsp3) is 0.714. The lowest BCUT2D eigenvalue weighted by atomic mass is 10.1. The smallest absolute Gasteiger partial charge is 0.130 e. The Bertz CT molecular complexity index is 395. The molecule has 0 saturated carbocycles. The minimum Gasteiger partial charge on any atom is -0.311 e. The van der Waals surface area contributed by atoms with Gasteiger partial charge in [-0.3, -0.25) is 0 Å². The highest BCUT2D eigenvalue weighted by Gasteiger charge is 2.23. The molecule has 5 nitrogen and oxygen atoms in total. The van der Waals surface area contributed by atoms with Crippen LogP contribution in [0.4, 0.5) is 0 Å². The van der Waals surface area contributed by atoms with Crippen molar-refractivity contribution in [2.75, 3.05) is 40.3 Å². The maximum atomic E-state index is 4.65. The van der Waals surface area contributed by atoms with Crippen LogP contribution in [0.25, 0.3) is 0 Å². The first-order chi connectivity index (χ1) is 9.19. The molecule has 106 valence electrons. The second-order valence-corrected chi connectivity index (χ2v) is 5.35. The van der Waals surface area contributed by atoms with E-state index in [2.05, 4.69) is 46.1 Å². The highest BCUT2D eigenvalue weighted by atomic mass is 15.3. The molecule has 5 heteroatoms. The summed E-state index contributed by atoms with van der Waals surface area (Å²) in [6.07, 6.45) is 2.81. The number of nitrogens with zero attached hydrogens (tertiary/aromatic N) is 4. The number of rotatable bonds is 5. The van der Waals surface area contributed by atoms with E-state index in [4.69, 9.17) is 0 Å². The maximum absolute atomic E-state index is 4.65. The summed E-state index contributed by atoms with van der Waals surface area (Å²) in [6.45, 7) is 7.26. The first-order valence-corrected chi connectivity index (χ1v) is 7.09. The minimum atomic E-state index is 0.521. The molecule has 0 aromatic carbocycles. The van der Waals surface area contributed by atoms with Crippen LogP contribution in [0.2, 0.25) is 0 Å². The van der Waals surface area contributed by atoms with E-state index in [1.807, 2.05) is 12.3 Å². The zero-order valence-corrected chi connectivity index (χ0v) is 12.3. The van der Waals surface area contributed by atoms with Gasteiger partial charge in [-0.15, -0.1) is 0 Å². The molecule has 2 rings (SSSR count). The van der Waals surface area contributed by atoms with Crippen molar-refractivity contribution in [2.45, 2.75) is 25.9 Å². The maximum Gasteiger partial charge on any atom is 0.130 e. The third kappa shape index (κ3) is 4.23. The van der Waals surface area contributed by atoms with Gasteiger partial charge in [0.05, 0.1) is 5.69 Å². The SMILES string of the molecule is CCNCc1ccnc(CC2CN(C)CCN2C)n1. The van der Waals surface area contributed by atoms with Crippen LogP contribution < -0.4 is 5.32 Å². The molecule has 0 spiro atoms.